The van der Waals surface area contributed by atoms with Crippen molar-refractivity contribution in [2.24, 2.45) is 0 Å². The van der Waals surface area contributed by atoms with E-state index in [1.807, 2.05) is 6.07 Å². The molecule has 1 heterocycles. The zero-order chi connectivity index (χ0) is 13.3. The van der Waals surface area contributed by atoms with E-state index in [4.69, 9.17) is 0 Å². The fourth-order valence-electron chi connectivity index (χ4n) is 1.77. The van der Waals surface area contributed by atoms with Crippen LogP contribution in [0.3, 0.4) is 0 Å². The Labute approximate surface area is 111 Å². The molecule has 0 saturated heterocycles. The van der Waals surface area contributed by atoms with Gasteiger partial charge >= 0.3 is 0 Å². The van der Waals surface area contributed by atoms with Gasteiger partial charge in [0.25, 0.3) is 0 Å². The highest BCUT2D eigenvalue weighted by Gasteiger charge is 2.28. The molecule has 1 aliphatic rings. The zero-order valence-electron chi connectivity index (χ0n) is 10.2. The molecule has 1 aromatic carbocycles. The number of nitrogens with zero attached hydrogens (tertiary/aromatic N) is 2. The number of nitrogens with one attached hydrogen (secondary N) is 1. The van der Waals surface area contributed by atoms with Gasteiger partial charge in [0.15, 0.2) is 0 Å². The third-order valence-electron chi connectivity index (χ3n) is 2.91. The summed E-state index contributed by atoms with van der Waals surface area (Å²) in [7, 11) is -3.43. The molecule has 0 unspecified atom stereocenters. The number of sulfonamides is 1. The molecule has 0 atom stereocenters. The lowest BCUT2D eigenvalue weighted by molar-refractivity contribution is 0.581. The number of hydrogen-bond donors (Lipinski definition) is 1. The molecule has 0 radical (unpaired) electrons. The SMILES string of the molecule is O=S(=O)(NC1CC1)c1cccc(-c2cccnn2)c1. The van der Waals surface area contributed by atoms with Gasteiger partial charge in [0, 0.05) is 17.8 Å². The largest absolute Gasteiger partial charge is 0.240 e. The van der Waals surface area contributed by atoms with Crippen molar-refractivity contribution < 1.29 is 8.42 Å². The van der Waals surface area contributed by atoms with Crippen molar-refractivity contribution in [3.63, 3.8) is 0 Å². The first-order chi connectivity index (χ1) is 9.15. The Hall–Kier alpha value is -1.79. The Morgan fingerprint density at radius 1 is 1.16 bits per heavy atom. The van der Waals surface area contributed by atoms with Crippen LogP contribution in [-0.2, 0) is 10.0 Å². The van der Waals surface area contributed by atoms with Crippen LogP contribution in [0.15, 0.2) is 47.5 Å². The maximum Gasteiger partial charge on any atom is 0.240 e. The maximum atomic E-state index is 12.1. The van der Waals surface area contributed by atoms with Crippen molar-refractivity contribution in [1.29, 1.82) is 0 Å². The zero-order valence-corrected chi connectivity index (χ0v) is 11.0. The second kappa shape index (κ2) is 4.71. The lowest BCUT2D eigenvalue weighted by Gasteiger charge is -2.07. The molecule has 1 aromatic heterocycles. The Balaban J connectivity index is 1.96. The van der Waals surface area contributed by atoms with Crippen molar-refractivity contribution in [3.8, 4) is 11.3 Å². The average molecular weight is 275 g/mol. The monoisotopic (exact) mass is 275 g/mol. The lowest BCUT2D eigenvalue weighted by Crippen LogP contribution is -2.25. The van der Waals surface area contributed by atoms with E-state index in [1.165, 1.54) is 0 Å². The van der Waals surface area contributed by atoms with Crippen LogP contribution in [0.1, 0.15) is 12.8 Å². The average Bonchev–Trinajstić information content (AvgIpc) is 3.23. The number of rotatable bonds is 4. The predicted octanol–water partition coefficient (Wildman–Crippen LogP) is 1.58. The van der Waals surface area contributed by atoms with Gasteiger partial charge in [0.05, 0.1) is 10.6 Å². The molecule has 6 heteroatoms. The summed E-state index contributed by atoms with van der Waals surface area (Å²) in [5.74, 6) is 0. The molecule has 0 bridgehead atoms. The Bertz CT molecular complexity index is 682. The van der Waals surface area contributed by atoms with Crippen molar-refractivity contribution in [2.75, 3.05) is 0 Å². The van der Waals surface area contributed by atoms with Gasteiger partial charge in [-0.15, -0.1) is 0 Å². The van der Waals surface area contributed by atoms with E-state index in [9.17, 15) is 8.42 Å². The molecule has 19 heavy (non-hydrogen) atoms. The van der Waals surface area contributed by atoms with Crippen molar-refractivity contribution in [2.45, 2.75) is 23.8 Å². The normalized spacial score (nSPS) is 15.4. The topological polar surface area (TPSA) is 72.0 Å². The summed E-state index contributed by atoms with van der Waals surface area (Å²) in [6, 6.07) is 10.4. The summed E-state index contributed by atoms with van der Waals surface area (Å²) in [4.78, 5) is 0.266. The summed E-state index contributed by atoms with van der Waals surface area (Å²) in [6.07, 6.45) is 3.42. The molecule has 1 fully saturated rings. The first kappa shape index (κ1) is 12.3. The van der Waals surface area contributed by atoms with Gasteiger partial charge in [-0.3, -0.25) is 0 Å². The molecular formula is C13H13N3O2S. The molecule has 5 nitrogen and oxygen atoms in total. The molecule has 0 aliphatic heterocycles. The number of benzene rings is 1. The van der Waals surface area contributed by atoms with E-state index in [-0.39, 0.29) is 10.9 Å². The summed E-state index contributed by atoms with van der Waals surface area (Å²) < 4.78 is 26.9. The molecule has 0 spiro atoms. The van der Waals surface area contributed by atoms with Gasteiger partial charge in [-0.1, -0.05) is 12.1 Å². The first-order valence-corrected chi connectivity index (χ1v) is 7.54. The van der Waals surface area contributed by atoms with Crippen molar-refractivity contribution in [1.82, 2.24) is 14.9 Å². The van der Waals surface area contributed by atoms with Crippen LogP contribution < -0.4 is 4.72 Å². The van der Waals surface area contributed by atoms with Gasteiger partial charge in [0.1, 0.15) is 0 Å². The minimum atomic E-state index is -3.43. The van der Waals surface area contributed by atoms with E-state index < -0.39 is 10.0 Å². The van der Waals surface area contributed by atoms with Gasteiger partial charge in [-0.2, -0.15) is 10.2 Å². The van der Waals surface area contributed by atoms with Gasteiger partial charge < -0.3 is 0 Å². The quantitative estimate of drug-likeness (QED) is 0.919. The van der Waals surface area contributed by atoms with E-state index in [0.29, 0.717) is 5.69 Å². The van der Waals surface area contributed by atoms with Gasteiger partial charge in [0.2, 0.25) is 10.0 Å². The van der Waals surface area contributed by atoms with E-state index in [2.05, 4.69) is 14.9 Å². The van der Waals surface area contributed by atoms with E-state index >= 15 is 0 Å². The Morgan fingerprint density at radius 3 is 2.68 bits per heavy atom. The van der Waals surface area contributed by atoms with Crippen LogP contribution in [0.25, 0.3) is 11.3 Å². The highest BCUT2D eigenvalue weighted by molar-refractivity contribution is 7.89. The third-order valence-corrected chi connectivity index (χ3v) is 4.43. The van der Waals surface area contributed by atoms with Gasteiger partial charge in [-0.25, -0.2) is 13.1 Å². The molecule has 3 rings (SSSR count). The minimum absolute atomic E-state index is 0.102. The summed E-state index contributed by atoms with van der Waals surface area (Å²) in [5.41, 5.74) is 1.40. The van der Waals surface area contributed by atoms with Crippen LogP contribution in [0, 0.1) is 0 Å². The molecule has 1 saturated carbocycles. The second-order valence-corrected chi connectivity index (χ2v) is 6.25. The van der Waals surface area contributed by atoms with Crippen molar-refractivity contribution in [3.05, 3.63) is 42.6 Å². The van der Waals surface area contributed by atoms with Crippen LogP contribution in [0.4, 0.5) is 0 Å². The summed E-state index contributed by atoms with van der Waals surface area (Å²) in [5, 5.41) is 7.78. The Morgan fingerprint density at radius 2 is 2.00 bits per heavy atom. The van der Waals surface area contributed by atoms with Crippen LogP contribution >= 0.6 is 0 Å². The highest BCUT2D eigenvalue weighted by Crippen LogP contribution is 2.24. The van der Waals surface area contributed by atoms with Crippen LogP contribution in [-0.4, -0.2) is 24.7 Å². The number of aromatic nitrogens is 2. The van der Waals surface area contributed by atoms with Crippen LogP contribution in [0.5, 0.6) is 0 Å². The maximum absolute atomic E-state index is 12.1. The van der Waals surface area contributed by atoms with Crippen molar-refractivity contribution >= 4 is 10.0 Å². The molecule has 2 aromatic rings. The standard InChI is InChI=1S/C13H13N3O2S/c17-19(18,16-11-6-7-11)12-4-1-3-10(9-12)13-5-2-8-14-15-13/h1-5,8-9,11,16H,6-7H2. The van der Waals surface area contributed by atoms with Gasteiger partial charge in [-0.05, 0) is 37.1 Å². The molecule has 1 aliphatic carbocycles. The summed E-state index contributed by atoms with van der Waals surface area (Å²) in [6.45, 7) is 0. The van der Waals surface area contributed by atoms with E-state index in [1.54, 1.807) is 36.5 Å². The molecular weight excluding hydrogens is 262 g/mol. The van der Waals surface area contributed by atoms with E-state index in [0.717, 1.165) is 18.4 Å². The number of hydrogen-bond acceptors (Lipinski definition) is 4. The Kier molecular flexibility index (Phi) is 3.04. The predicted molar refractivity (Wildman–Crippen MR) is 70.8 cm³/mol. The molecule has 1 N–H and O–H groups in total. The molecule has 98 valence electrons. The third kappa shape index (κ3) is 2.80. The summed E-state index contributed by atoms with van der Waals surface area (Å²) >= 11 is 0. The molecule has 0 amide bonds. The van der Waals surface area contributed by atoms with Crippen LogP contribution in [0.2, 0.25) is 0 Å². The highest BCUT2D eigenvalue weighted by atomic mass is 32.2. The fourth-order valence-corrected chi connectivity index (χ4v) is 3.12. The fraction of sp³-hybridized carbons (Fsp3) is 0.231. The smallest absolute Gasteiger partial charge is 0.208 e. The lowest BCUT2D eigenvalue weighted by atomic mass is 10.1. The first-order valence-electron chi connectivity index (χ1n) is 6.06. The minimum Gasteiger partial charge on any atom is -0.208 e. The second-order valence-electron chi connectivity index (χ2n) is 4.53.